The van der Waals surface area contributed by atoms with Crippen LogP contribution in [0.5, 0.6) is 0 Å². The quantitative estimate of drug-likeness (QED) is 0.456. The molecule has 0 unspecified atom stereocenters. The Morgan fingerprint density at radius 3 is 2.36 bits per heavy atom. The van der Waals surface area contributed by atoms with Crippen LogP contribution >= 0.6 is 0 Å². The van der Waals surface area contributed by atoms with Crippen LogP contribution in [0.3, 0.4) is 0 Å². The number of aryl methyl sites for hydroxylation is 2. The molecule has 2 heteroatoms. The normalized spacial score (nSPS) is 11.2. The molecule has 0 bridgehead atoms. The highest BCUT2D eigenvalue weighted by molar-refractivity contribution is 6.10. The lowest BCUT2D eigenvalue weighted by Gasteiger charge is -2.10. The molecule has 0 aliphatic rings. The molecule has 2 aromatic carbocycles. The number of pyridine rings is 2. The number of benzene rings is 2. The molecule has 0 saturated carbocycles. The number of hydrogen-bond acceptors (Lipinski definition) is 2. The van der Waals surface area contributed by atoms with Crippen molar-refractivity contribution in [2.45, 2.75) is 13.8 Å². The summed E-state index contributed by atoms with van der Waals surface area (Å²) < 4.78 is 0. The molecule has 0 aliphatic heterocycles. The Hall–Kier alpha value is -2.74. The molecule has 2 aromatic heterocycles. The molecule has 4 rings (SSSR count). The van der Waals surface area contributed by atoms with Gasteiger partial charge in [-0.1, -0.05) is 29.3 Å². The van der Waals surface area contributed by atoms with E-state index in [-0.39, 0.29) is 0 Å². The lowest BCUT2D eigenvalue weighted by molar-refractivity contribution is 1.32. The third kappa shape index (κ3) is 2.04. The van der Waals surface area contributed by atoms with E-state index in [1.165, 1.54) is 38.2 Å². The van der Waals surface area contributed by atoms with Crippen LogP contribution in [0.1, 0.15) is 11.1 Å². The third-order valence-electron chi connectivity index (χ3n) is 4.06. The molecule has 2 heterocycles. The molecule has 0 spiro atoms. The molecular formula is C20H16N2. The van der Waals surface area contributed by atoms with Gasteiger partial charge in [0, 0.05) is 34.9 Å². The molecule has 0 atom stereocenters. The Kier molecular flexibility index (Phi) is 2.90. The molecule has 22 heavy (non-hydrogen) atoms. The lowest BCUT2D eigenvalue weighted by Crippen LogP contribution is -1.89. The molecule has 0 amide bonds. The summed E-state index contributed by atoms with van der Waals surface area (Å²) in [6.07, 6.45) is 5.66. The summed E-state index contributed by atoms with van der Waals surface area (Å²) in [7, 11) is 0. The maximum atomic E-state index is 4.65. The van der Waals surface area contributed by atoms with Gasteiger partial charge in [-0.15, -0.1) is 0 Å². The van der Waals surface area contributed by atoms with Crippen molar-refractivity contribution in [3.8, 4) is 11.3 Å². The zero-order valence-electron chi connectivity index (χ0n) is 12.7. The highest BCUT2D eigenvalue weighted by atomic mass is 14.7. The Morgan fingerprint density at radius 1 is 0.727 bits per heavy atom. The van der Waals surface area contributed by atoms with Crippen LogP contribution in [0.4, 0.5) is 0 Å². The van der Waals surface area contributed by atoms with E-state index < -0.39 is 0 Å². The smallest absolute Gasteiger partial charge is 0.0780 e. The topological polar surface area (TPSA) is 25.8 Å². The zero-order valence-corrected chi connectivity index (χ0v) is 12.7. The molecule has 0 aliphatic carbocycles. The minimum atomic E-state index is 1.04. The van der Waals surface area contributed by atoms with E-state index in [0.717, 1.165) is 5.69 Å². The standard InChI is InChI=1S/C20H16N2/c1-13-9-14(2)11-16(10-13)20-18-4-3-15-5-7-21-12-19(15)17(18)6-8-22-20/h3-12H,1-2H3. The van der Waals surface area contributed by atoms with E-state index in [0.29, 0.717) is 0 Å². The first-order chi connectivity index (χ1) is 10.7. The molecule has 0 saturated heterocycles. The fraction of sp³-hybridized carbons (Fsp3) is 0.100. The predicted octanol–water partition coefficient (Wildman–Crippen LogP) is 5.07. The van der Waals surface area contributed by atoms with Crippen molar-refractivity contribution in [3.05, 3.63) is 72.2 Å². The van der Waals surface area contributed by atoms with Crippen molar-refractivity contribution in [2.75, 3.05) is 0 Å². The van der Waals surface area contributed by atoms with Gasteiger partial charge in [-0.2, -0.15) is 0 Å². The van der Waals surface area contributed by atoms with Crippen molar-refractivity contribution >= 4 is 21.5 Å². The van der Waals surface area contributed by atoms with Crippen molar-refractivity contribution < 1.29 is 0 Å². The molecule has 0 radical (unpaired) electrons. The van der Waals surface area contributed by atoms with Gasteiger partial charge in [0.1, 0.15) is 0 Å². The molecule has 0 N–H and O–H groups in total. The fourth-order valence-electron chi connectivity index (χ4n) is 3.17. The van der Waals surface area contributed by atoms with Gasteiger partial charge < -0.3 is 0 Å². The van der Waals surface area contributed by atoms with Gasteiger partial charge >= 0.3 is 0 Å². The summed E-state index contributed by atoms with van der Waals surface area (Å²) in [6.45, 7) is 4.25. The Balaban J connectivity index is 2.08. The minimum absolute atomic E-state index is 1.04. The highest BCUT2D eigenvalue weighted by Crippen LogP contribution is 2.31. The van der Waals surface area contributed by atoms with Crippen molar-refractivity contribution in [1.29, 1.82) is 0 Å². The van der Waals surface area contributed by atoms with Gasteiger partial charge in [0.05, 0.1) is 5.69 Å². The van der Waals surface area contributed by atoms with Crippen LogP contribution < -0.4 is 0 Å². The first-order valence-corrected chi connectivity index (χ1v) is 7.42. The minimum Gasteiger partial charge on any atom is -0.264 e. The predicted molar refractivity (Wildman–Crippen MR) is 92.0 cm³/mol. The average molecular weight is 284 g/mol. The summed E-state index contributed by atoms with van der Waals surface area (Å²) in [6, 6.07) is 15.0. The summed E-state index contributed by atoms with van der Waals surface area (Å²) >= 11 is 0. The van der Waals surface area contributed by atoms with Crippen molar-refractivity contribution in [1.82, 2.24) is 9.97 Å². The molecular weight excluding hydrogens is 268 g/mol. The zero-order chi connectivity index (χ0) is 15.1. The van der Waals surface area contributed by atoms with Crippen molar-refractivity contribution in [3.63, 3.8) is 0 Å². The van der Waals surface area contributed by atoms with Gasteiger partial charge in [0.2, 0.25) is 0 Å². The first-order valence-electron chi connectivity index (χ1n) is 7.42. The third-order valence-corrected chi connectivity index (χ3v) is 4.06. The summed E-state index contributed by atoms with van der Waals surface area (Å²) in [4.78, 5) is 8.92. The van der Waals surface area contributed by atoms with Crippen LogP contribution in [0.25, 0.3) is 32.8 Å². The fourth-order valence-corrected chi connectivity index (χ4v) is 3.17. The molecule has 4 aromatic rings. The van der Waals surface area contributed by atoms with Crippen molar-refractivity contribution in [2.24, 2.45) is 0 Å². The van der Waals surface area contributed by atoms with E-state index in [2.05, 4.69) is 60.2 Å². The van der Waals surface area contributed by atoms with Gasteiger partial charge in [-0.3, -0.25) is 9.97 Å². The van der Waals surface area contributed by atoms with Crippen LogP contribution in [0.2, 0.25) is 0 Å². The van der Waals surface area contributed by atoms with Crippen LogP contribution in [0.15, 0.2) is 61.1 Å². The lowest BCUT2D eigenvalue weighted by atomic mass is 9.98. The first kappa shape index (κ1) is 13.0. The SMILES string of the molecule is Cc1cc(C)cc(-c2nccc3c2ccc2ccncc23)c1. The van der Waals surface area contributed by atoms with Gasteiger partial charge in [-0.25, -0.2) is 0 Å². The monoisotopic (exact) mass is 284 g/mol. The van der Waals surface area contributed by atoms with Gasteiger partial charge in [-0.05, 0) is 48.9 Å². The second-order valence-corrected chi connectivity index (χ2v) is 5.79. The Bertz CT molecular complexity index is 983. The summed E-state index contributed by atoms with van der Waals surface area (Å²) in [5.41, 5.74) is 4.73. The largest absolute Gasteiger partial charge is 0.264 e. The van der Waals surface area contributed by atoms with E-state index in [4.69, 9.17) is 0 Å². The Morgan fingerprint density at radius 2 is 1.55 bits per heavy atom. The number of rotatable bonds is 1. The summed E-state index contributed by atoms with van der Waals surface area (Å²) in [5.74, 6) is 0. The Labute approximate surface area is 129 Å². The van der Waals surface area contributed by atoms with E-state index in [1.807, 2.05) is 24.7 Å². The number of hydrogen-bond donors (Lipinski definition) is 0. The van der Waals surface area contributed by atoms with Gasteiger partial charge in [0.15, 0.2) is 0 Å². The second-order valence-electron chi connectivity index (χ2n) is 5.79. The maximum absolute atomic E-state index is 4.65. The number of aromatic nitrogens is 2. The molecule has 0 fully saturated rings. The van der Waals surface area contributed by atoms with E-state index in [1.54, 1.807) is 0 Å². The average Bonchev–Trinajstić information content (AvgIpc) is 2.53. The van der Waals surface area contributed by atoms with E-state index in [9.17, 15) is 0 Å². The highest BCUT2D eigenvalue weighted by Gasteiger charge is 2.08. The van der Waals surface area contributed by atoms with E-state index >= 15 is 0 Å². The van der Waals surface area contributed by atoms with Crippen LogP contribution in [-0.4, -0.2) is 9.97 Å². The maximum Gasteiger partial charge on any atom is 0.0780 e. The second kappa shape index (κ2) is 4.92. The van der Waals surface area contributed by atoms with Crippen LogP contribution in [-0.2, 0) is 0 Å². The molecule has 2 nitrogen and oxygen atoms in total. The number of nitrogens with zero attached hydrogens (tertiary/aromatic N) is 2. The summed E-state index contributed by atoms with van der Waals surface area (Å²) in [5, 5.41) is 4.76. The van der Waals surface area contributed by atoms with Crippen LogP contribution in [0, 0.1) is 13.8 Å². The van der Waals surface area contributed by atoms with Gasteiger partial charge in [0.25, 0.3) is 0 Å². The molecule has 106 valence electrons. The number of fused-ring (bicyclic) bond motifs is 3.